The summed E-state index contributed by atoms with van der Waals surface area (Å²) in [6.45, 7) is 6.96. The minimum Gasteiger partial charge on any atom is -0.312 e. The predicted molar refractivity (Wildman–Crippen MR) is 82.5 cm³/mol. The van der Waals surface area contributed by atoms with Crippen LogP contribution in [0.4, 0.5) is 0 Å². The molecule has 1 aliphatic rings. The molecule has 1 aromatic carbocycles. The molecule has 1 aromatic rings. The first-order valence-corrected chi connectivity index (χ1v) is 7.74. The normalized spacial score (nSPS) is 22.4. The van der Waals surface area contributed by atoms with E-state index >= 15 is 0 Å². The van der Waals surface area contributed by atoms with Gasteiger partial charge in [0.25, 0.3) is 0 Å². The van der Waals surface area contributed by atoms with Crippen molar-refractivity contribution in [1.29, 1.82) is 0 Å². The van der Waals surface area contributed by atoms with Gasteiger partial charge in [0.2, 0.25) is 0 Å². The summed E-state index contributed by atoms with van der Waals surface area (Å²) in [4.78, 5) is 2.64. The highest BCUT2D eigenvalue weighted by Crippen LogP contribution is 2.21. The number of likely N-dealkylation sites (N-methyl/N-ethyl adjacent to an activating group) is 1. The van der Waals surface area contributed by atoms with Crippen LogP contribution in [0.5, 0.6) is 0 Å². The van der Waals surface area contributed by atoms with Crippen LogP contribution in [0.3, 0.4) is 0 Å². The van der Waals surface area contributed by atoms with Crippen molar-refractivity contribution in [2.75, 3.05) is 20.1 Å². The molecule has 2 nitrogen and oxygen atoms in total. The Hall–Kier alpha value is -0.860. The van der Waals surface area contributed by atoms with Crippen LogP contribution in [0, 0.1) is 0 Å². The SMILES string of the molecule is CCc1ccc(C(CN2CCCCC2C)NC)cc1. The average molecular weight is 260 g/mol. The van der Waals surface area contributed by atoms with Gasteiger partial charge in [0, 0.05) is 18.6 Å². The molecule has 0 amide bonds. The molecule has 1 heterocycles. The van der Waals surface area contributed by atoms with Gasteiger partial charge in [-0.2, -0.15) is 0 Å². The molecule has 1 fully saturated rings. The fourth-order valence-electron chi connectivity index (χ4n) is 3.01. The number of hydrogen-bond acceptors (Lipinski definition) is 2. The fraction of sp³-hybridized carbons (Fsp3) is 0.647. The number of benzene rings is 1. The molecule has 2 unspecified atom stereocenters. The maximum atomic E-state index is 3.48. The summed E-state index contributed by atoms with van der Waals surface area (Å²) in [5.74, 6) is 0. The Morgan fingerprint density at radius 2 is 2.00 bits per heavy atom. The van der Waals surface area contributed by atoms with Crippen molar-refractivity contribution in [2.45, 2.75) is 51.6 Å². The zero-order chi connectivity index (χ0) is 13.7. The highest BCUT2D eigenvalue weighted by molar-refractivity contribution is 5.25. The van der Waals surface area contributed by atoms with Crippen LogP contribution in [0.1, 0.15) is 50.3 Å². The van der Waals surface area contributed by atoms with Gasteiger partial charge in [0.1, 0.15) is 0 Å². The number of hydrogen-bond donors (Lipinski definition) is 1. The zero-order valence-corrected chi connectivity index (χ0v) is 12.7. The first-order valence-electron chi connectivity index (χ1n) is 7.74. The number of piperidine rings is 1. The van der Waals surface area contributed by atoms with E-state index in [4.69, 9.17) is 0 Å². The molecule has 0 aliphatic carbocycles. The molecular formula is C17H28N2. The second kappa shape index (κ2) is 7.06. The van der Waals surface area contributed by atoms with Gasteiger partial charge >= 0.3 is 0 Å². The lowest BCUT2D eigenvalue weighted by Gasteiger charge is -2.36. The Balaban J connectivity index is 2.01. The fourth-order valence-corrected chi connectivity index (χ4v) is 3.01. The summed E-state index contributed by atoms with van der Waals surface area (Å²) >= 11 is 0. The molecule has 106 valence electrons. The first kappa shape index (κ1) is 14.5. The highest BCUT2D eigenvalue weighted by Gasteiger charge is 2.21. The number of likely N-dealkylation sites (tertiary alicyclic amines) is 1. The predicted octanol–water partition coefficient (Wildman–Crippen LogP) is 3.38. The maximum absolute atomic E-state index is 3.48. The van der Waals surface area contributed by atoms with Gasteiger partial charge in [-0.15, -0.1) is 0 Å². The Labute approximate surface area is 118 Å². The van der Waals surface area contributed by atoms with Gasteiger partial charge in [-0.05, 0) is 50.9 Å². The third kappa shape index (κ3) is 3.80. The zero-order valence-electron chi connectivity index (χ0n) is 12.7. The third-order valence-electron chi connectivity index (χ3n) is 4.50. The van der Waals surface area contributed by atoms with Crippen LogP contribution in [-0.4, -0.2) is 31.1 Å². The summed E-state index contributed by atoms with van der Waals surface area (Å²) in [5.41, 5.74) is 2.84. The van der Waals surface area contributed by atoms with E-state index in [-0.39, 0.29) is 0 Å². The van der Waals surface area contributed by atoms with E-state index in [2.05, 4.69) is 55.4 Å². The van der Waals surface area contributed by atoms with E-state index in [0.29, 0.717) is 6.04 Å². The molecular weight excluding hydrogens is 232 g/mol. The van der Waals surface area contributed by atoms with E-state index in [0.717, 1.165) is 19.0 Å². The number of rotatable bonds is 5. The minimum absolute atomic E-state index is 0.450. The van der Waals surface area contributed by atoms with Crippen LogP contribution in [0.25, 0.3) is 0 Å². The molecule has 19 heavy (non-hydrogen) atoms. The highest BCUT2D eigenvalue weighted by atomic mass is 15.2. The molecule has 0 saturated carbocycles. The smallest absolute Gasteiger partial charge is 0.0446 e. The summed E-state index contributed by atoms with van der Waals surface area (Å²) in [6.07, 6.45) is 5.22. The monoisotopic (exact) mass is 260 g/mol. The van der Waals surface area contributed by atoms with E-state index in [1.807, 2.05) is 0 Å². The van der Waals surface area contributed by atoms with Crippen LogP contribution >= 0.6 is 0 Å². The summed E-state index contributed by atoms with van der Waals surface area (Å²) in [7, 11) is 2.08. The first-order chi connectivity index (χ1) is 9.24. The van der Waals surface area contributed by atoms with Gasteiger partial charge < -0.3 is 5.32 Å². The topological polar surface area (TPSA) is 15.3 Å². The molecule has 2 rings (SSSR count). The molecule has 1 N–H and O–H groups in total. The van der Waals surface area contributed by atoms with Crippen molar-refractivity contribution in [3.63, 3.8) is 0 Å². The molecule has 2 heteroatoms. The van der Waals surface area contributed by atoms with E-state index in [1.165, 1.54) is 36.9 Å². The summed E-state index contributed by atoms with van der Waals surface area (Å²) in [5, 5.41) is 3.48. The lowest BCUT2D eigenvalue weighted by Crippen LogP contribution is -2.42. The number of nitrogens with zero attached hydrogens (tertiary/aromatic N) is 1. The number of aryl methyl sites for hydroxylation is 1. The maximum Gasteiger partial charge on any atom is 0.0446 e. The lowest BCUT2D eigenvalue weighted by atomic mass is 9.99. The van der Waals surface area contributed by atoms with Crippen LogP contribution in [0.15, 0.2) is 24.3 Å². The van der Waals surface area contributed by atoms with Crippen molar-refractivity contribution >= 4 is 0 Å². The molecule has 0 aromatic heterocycles. The quantitative estimate of drug-likeness (QED) is 0.873. The number of nitrogens with one attached hydrogen (secondary N) is 1. The molecule has 1 saturated heterocycles. The second-order valence-corrected chi connectivity index (χ2v) is 5.78. The van der Waals surface area contributed by atoms with Gasteiger partial charge in [0.15, 0.2) is 0 Å². The van der Waals surface area contributed by atoms with Crippen molar-refractivity contribution in [2.24, 2.45) is 0 Å². The van der Waals surface area contributed by atoms with Crippen molar-refractivity contribution in [1.82, 2.24) is 10.2 Å². The summed E-state index contributed by atoms with van der Waals surface area (Å²) < 4.78 is 0. The average Bonchev–Trinajstić information content (AvgIpc) is 2.47. The molecule has 0 bridgehead atoms. The van der Waals surface area contributed by atoms with Crippen LogP contribution in [0.2, 0.25) is 0 Å². The molecule has 1 aliphatic heterocycles. The van der Waals surface area contributed by atoms with E-state index < -0.39 is 0 Å². The van der Waals surface area contributed by atoms with Crippen LogP contribution < -0.4 is 5.32 Å². The van der Waals surface area contributed by atoms with Gasteiger partial charge in [-0.1, -0.05) is 37.6 Å². The molecule has 2 atom stereocenters. The third-order valence-corrected chi connectivity index (χ3v) is 4.50. The molecule has 0 spiro atoms. The van der Waals surface area contributed by atoms with E-state index in [9.17, 15) is 0 Å². The Kier molecular flexibility index (Phi) is 5.41. The Bertz CT molecular complexity index is 371. The van der Waals surface area contributed by atoms with Crippen LogP contribution in [-0.2, 0) is 6.42 Å². The standard InChI is InChI=1S/C17H28N2/c1-4-15-8-10-16(11-9-15)17(18-3)13-19-12-6-5-7-14(19)2/h8-11,14,17-18H,4-7,12-13H2,1-3H3. The van der Waals surface area contributed by atoms with E-state index in [1.54, 1.807) is 0 Å². The lowest BCUT2D eigenvalue weighted by molar-refractivity contribution is 0.146. The molecule has 0 radical (unpaired) electrons. The van der Waals surface area contributed by atoms with Gasteiger partial charge in [0.05, 0.1) is 0 Å². The summed E-state index contributed by atoms with van der Waals surface area (Å²) in [6, 6.07) is 10.3. The van der Waals surface area contributed by atoms with Gasteiger partial charge in [-0.3, -0.25) is 4.90 Å². The second-order valence-electron chi connectivity index (χ2n) is 5.78. The largest absolute Gasteiger partial charge is 0.312 e. The van der Waals surface area contributed by atoms with Crippen molar-refractivity contribution < 1.29 is 0 Å². The van der Waals surface area contributed by atoms with Crippen molar-refractivity contribution in [3.8, 4) is 0 Å². The minimum atomic E-state index is 0.450. The Morgan fingerprint density at radius 3 is 2.58 bits per heavy atom. The Morgan fingerprint density at radius 1 is 1.26 bits per heavy atom. The van der Waals surface area contributed by atoms with Crippen molar-refractivity contribution in [3.05, 3.63) is 35.4 Å². The van der Waals surface area contributed by atoms with Gasteiger partial charge in [-0.25, -0.2) is 0 Å².